The number of anilines is 1. The number of nitrogens with two attached hydrogens (primary N) is 1. The third kappa shape index (κ3) is 3.20. The van der Waals surface area contributed by atoms with Gasteiger partial charge in [-0.3, -0.25) is 0 Å². The molecule has 0 aliphatic rings. The molecule has 0 aliphatic heterocycles. The Morgan fingerprint density at radius 3 is 2.80 bits per heavy atom. The molecule has 0 atom stereocenters. The molecule has 0 unspecified atom stereocenters. The summed E-state index contributed by atoms with van der Waals surface area (Å²) in [6, 6.07) is 8.42. The standard InChI is InChI=1S/C16H24N4/c1-12(2)16-15(18-9-5-8-17)11-19-20(16)14-7-4-6-13(3)10-14/h4,6-7,10-12,18H,5,8-9,17H2,1-3H3. The van der Waals surface area contributed by atoms with E-state index in [2.05, 4.69) is 55.5 Å². The lowest BCUT2D eigenvalue weighted by Crippen LogP contribution is -2.11. The summed E-state index contributed by atoms with van der Waals surface area (Å²) in [4.78, 5) is 0. The van der Waals surface area contributed by atoms with Crippen molar-refractivity contribution in [3.63, 3.8) is 0 Å². The Balaban J connectivity index is 2.34. The number of hydrogen-bond donors (Lipinski definition) is 2. The highest BCUT2D eigenvalue weighted by Gasteiger charge is 2.15. The summed E-state index contributed by atoms with van der Waals surface area (Å²) < 4.78 is 2.03. The lowest BCUT2D eigenvalue weighted by atomic mass is 10.1. The number of benzene rings is 1. The molecule has 0 spiro atoms. The number of nitrogens with one attached hydrogen (secondary N) is 1. The summed E-state index contributed by atoms with van der Waals surface area (Å²) in [7, 11) is 0. The van der Waals surface area contributed by atoms with Crippen LogP contribution in [-0.4, -0.2) is 22.9 Å². The van der Waals surface area contributed by atoms with Crippen LogP contribution in [0.4, 0.5) is 5.69 Å². The van der Waals surface area contributed by atoms with Crippen LogP contribution in [0.15, 0.2) is 30.5 Å². The van der Waals surface area contributed by atoms with Gasteiger partial charge in [0.1, 0.15) is 0 Å². The molecule has 0 amide bonds. The van der Waals surface area contributed by atoms with E-state index in [0.29, 0.717) is 12.5 Å². The largest absolute Gasteiger partial charge is 0.382 e. The first-order valence-corrected chi connectivity index (χ1v) is 7.22. The van der Waals surface area contributed by atoms with Gasteiger partial charge in [0.15, 0.2) is 0 Å². The summed E-state index contributed by atoms with van der Waals surface area (Å²) >= 11 is 0. The van der Waals surface area contributed by atoms with Crippen LogP contribution in [-0.2, 0) is 0 Å². The van der Waals surface area contributed by atoms with Crippen LogP contribution >= 0.6 is 0 Å². The Bertz CT molecular complexity index is 557. The highest BCUT2D eigenvalue weighted by atomic mass is 15.3. The molecule has 1 heterocycles. The van der Waals surface area contributed by atoms with Gasteiger partial charge < -0.3 is 11.1 Å². The second-order valence-electron chi connectivity index (χ2n) is 5.42. The first-order chi connectivity index (χ1) is 9.63. The minimum atomic E-state index is 0.401. The van der Waals surface area contributed by atoms with Crippen LogP contribution in [0.25, 0.3) is 5.69 Å². The molecule has 108 valence electrons. The van der Waals surface area contributed by atoms with Gasteiger partial charge in [-0.25, -0.2) is 4.68 Å². The van der Waals surface area contributed by atoms with Crippen molar-refractivity contribution in [2.24, 2.45) is 5.73 Å². The number of hydrogen-bond acceptors (Lipinski definition) is 3. The lowest BCUT2D eigenvalue weighted by molar-refractivity contribution is 0.733. The molecule has 0 bridgehead atoms. The number of nitrogens with zero attached hydrogens (tertiary/aromatic N) is 2. The van der Waals surface area contributed by atoms with Crippen LogP contribution in [0, 0.1) is 6.92 Å². The van der Waals surface area contributed by atoms with E-state index in [0.717, 1.165) is 24.3 Å². The van der Waals surface area contributed by atoms with Crippen molar-refractivity contribution >= 4 is 5.69 Å². The predicted octanol–water partition coefficient (Wildman–Crippen LogP) is 3.06. The minimum absolute atomic E-state index is 0.401. The van der Waals surface area contributed by atoms with Gasteiger partial charge in [0.05, 0.1) is 23.3 Å². The smallest absolute Gasteiger partial charge is 0.0766 e. The van der Waals surface area contributed by atoms with Crippen LogP contribution < -0.4 is 11.1 Å². The molecule has 0 saturated carbocycles. The summed E-state index contributed by atoms with van der Waals surface area (Å²) in [5, 5.41) is 7.99. The van der Waals surface area contributed by atoms with Crippen molar-refractivity contribution in [2.75, 3.05) is 18.4 Å². The minimum Gasteiger partial charge on any atom is -0.382 e. The van der Waals surface area contributed by atoms with Crippen molar-refractivity contribution in [2.45, 2.75) is 33.1 Å². The zero-order chi connectivity index (χ0) is 14.5. The van der Waals surface area contributed by atoms with Gasteiger partial charge in [0.2, 0.25) is 0 Å². The molecule has 2 rings (SSSR count). The predicted molar refractivity (Wildman–Crippen MR) is 84.6 cm³/mol. The Hall–Kier alpha value is -1.81. The Morgan fingerprint density at radius 1 is 1.35 bits per heavy atom. The molecule has 0 radical (unpaired) electrons. The van der Waals surface area contributed by atoms with Gasteiger partial charge in [-0.1, -0.05) is 26.0 Å². The monoisotopic (exact) mass is 272 g/mol. The number of aromatic nitrogens is 2. The van der Waals surface area contributed by atoms with Gasteiger partial charge in [0, 0.05) is 6.54 Å². The highest BCUT2D eigenvalue weighted by Crippen LogP contribution is 2.27. The first-order valence-electron chi connectivity index (χ1n) is 7.22. The average Bonchev–Trinajstić information content (AvgIpc) is 2.83. The topological polar surface area (TPSA) is 55.9 Å². The Morgan fingerprint density at radius 2 is 2.15 bits per heavy atom. The van der Waals surface area contributed by atoms with E-state index in [9.17, 15) is 0 Å². The molecule has 0 saturated heterocycles. The first kappa shape index (κ1) is 14.6. The molecular weight excluding hydrogens is 248 g/mol. The van der Waals surface area contributed by atoms with E-state index >= 15 is 0 Å². The zero-order valence-electron chi connectivity index (χ0n) is 12.6. The molecule has 3 N–H and O–H groups in total. The summed E-state index contributed by atoms with van der Waals surface area (Å²) in [6.45, 7) is 8.07. The van der Waals surface area contributed by atoms with E-state index in [1.165, 1.54) is 11.3 Å². The van der Waals surface area contributed by atoms with Crippen molar-refractivity contribution in [1.29, 1.82) is 0 Å². The highest BCUT2D eigenvalue weighted by molar-refractivity contribution is 5.52. The molecule has 0 aliphatic carbocycles. The van der Waals surface area contributed by atoms with Crippen molar-refractivity contribution in [3.8, 4) is 5.69 Å². The van der Waals surface area contributed by atoms with Crippen molar-refractivity contribution in [3.05, 3.63) is 41.7 Å². The maximum absolute atomic E-state index is 5.54. The maximum atomic E-state index is 5.54. The normalized spacial score (nSPS) is 11.1. The number of aryl methyl sites for hydroxylation is 1. The van der Waals surface area contributed by atoms with E-state index in [-0.39, 0.29) is 0 Å². The summed E-state index contributed by atoms with van der Waals surface area (Å²) in [6.07, 6.45) is 2.88. The van der Waals surface area contributed by atoms with E-state index in [1.54, 1.807) is 0 Å². The Kier molecular flexibility index (Phi) is 4.79. The van der Waals surface area contributed by atoms with Crippen LogP contribution in [0.5, 0.6) is 0 Å². The second-order valence-corrected chi connectivity index (χ2v) is 5.42. The molecule has 4 nitrogen and oxygen atoms in total. The molecular formula is C16H24N4. The lowest BCUT2D eigenvalue weighted by Gasteiger charge is -2.14. The van der Waals surface area contributed by atoms with Crippen LogP contribution in [0.3, 0.4) is 0 Å². The molecule has 0 fully saturated rings. The summed E-state index contributed by atoms with van der Waals surface area (Å²) in [5.74, 6) is 0.401. The van der Waals surface area contributed by atoms with Crippen LogP contribution in [0.1, 0.15) is 37.4 Å². The quantitative estimate of drug-likeness (QED) is 0.795. The summed E-state index contributed by atoms with van der Waals surface area (Å²) in [5.41, 5.74) is 10.2. The van der Waals surface area contributed by atoms with Gasteiger partial charge in [-0.2, -0.15) is 5.10 Å². The fraction of sp³-hybridized carbons (Fsp3) is 0.438. The molecule has 2 aromatic rings. The van der Waals surface area contributed by atoms with Crippen molar-refractivity contribution < 1.29 is 0 Å². The second kappa shape index (κ2) is 6.57. The van der Waals surface area contributed by atoms with E-state index < -0.39 is 0 Å². The molecule has 20 heavy (non-hydrogen) atoms. The third-order valence-electron chi connectivity index (χ3n) is 3.30. The maximum Gasteiger partial charge on any atom is 0.0766 e. The SMILES string of the molecule is Cc1cccc(-n2ncc(NCCCN)c2C(C)C)c1. The van der Waals surface area contributed by atoms with Crippen molar-refractivity contribution in [1.82, 2.24) is 9.78 Å². The average molecular weight is 272 g/mol. The zero-order valence-corrected chi connectivity index (χ0v) is 12.6. The van der Waals surface area contributed by atoms with Gasteiger partial charge in [-0.15, -0.1) is 0 Å². The Labute approximate surface area is 121 Å². The van der Waals surface area contributed by atoms with Gasteiger partial charge in [0.25, 0.3) is 0 Å². The fourth-order valence-corrected chi connectivity index (χ4v) is 2.34. The molecule has 1 aromatic carbocycles. The molecule has 1 aromatic heterocycles. The number of rotatable bonds is 6. The van der Waals surface area contributed by atoms with E-state index in [4.69, 9.17) is 5.73 Å². The van der Waals surface area contributed by atoms with E-state index in [1.807, 2.05) is 10.9 Å². The van der Waals surface area contributed by atoms with Gasteiger partial charge in [-0.05, 0) is 43.5 Å². The van der Waals surface area contributed by atoms with Gasteiger partial charge >= 0.3 is 0 Å². The third-order valence-corrected chi connectivity index (χ3v) is 3.30. The van der Waals surface area contributed by atoms with Crippen LogP contribution in [0.2, 0.25) is 0 Å². The fourth-order valence-electron chi connectivity index (χ4n) is 2.34. The molecule has 4 heteroatoms.